The number of hydrogen-bond acceptors (Lipinski definition) is 4. The maximum absolute atomic E-state index is 12.1. The van der Waals surface area contributed by atoms with E-state index >= 15 is 0 Å². The molecular weight excluding hydrogens is 258 g/mol. The number of aliphatic hydroxyl groups is 1. The third kappa shape index (κ3) is 5.46. The van der Waals surface area contributed by atoms with Gasteiger partial charge in [-0.2, -0.15) is 0 Å². The Labute approximate surface area is 121 Å². The Morgan fingerprint density at radius 2 is 2.10 bits per heavy atom. The van der Waals surface area contributed by atoms with Gasteiger partial charge in [-0.1, -0.05) is 0 Å². The number of aliphatic hydroxyl groups excluding tert-OH is 1. The smallest absolute Gasteiger partial charge is 0.312 e. The molecule has 1 heterocycles. The molecule has 1 aliphatic heterocycles. The van der Waals surface area contributed by atoms with E-state index in [-0.39, 0.29) is 12.6 Å². The first-order valence-corrected chi connectivity index (χ1v) is 7.40. The Morgan fingerprint density at radius 3 is 2.75 bits per heavy atom. The number of carbonyl (C=O) groups excluding carboxylic acids is 2. The van der Waals surface area contributed by atoms with E-state index in [1.807, 2.05) is 19.0 Å². The van der Waals surface area contributed by atoms with Crippen molar-refractivity contribution < 1.29 is 14.7 Å². The Kier molecular flexibility index (Phi) is 7.54. The fourth-order valence-electron chi connectivity index (χ4n) is 2.52. The molecule has 0 saturated carbocycles. The van der Waals surface area contributed by atoms with Gasteiger partial charge in [-0.05, 0) is 52.7 Å². The molecule has 1 saturated heterocycles. The van der Waals surface area contributed by atoms with Crippen molar-refractivity contribution in [2.45, 2.75) is 38.1 Å². The molecule has 1 aliphatic rings. The standard InChI is InChI=1S/C14H27N3O3/c1-16(2)9-5-8-15-13(19)14(20)17-10-4-3-6-12(17)7-11-18/h12,18H,3-11H2,1-2H3,(H,15,19). The zero-order valence-electron chi connectivity index (χ0n) is 12.6. The summed E-state index contributed by atoms with van der Waals surface area (Å²) in [7, 11) is 3.94. The molecule has 0 radical (unpaired) electrons. The van der Waals surface area contributed by atoms with Crippen LogP contribution < -0.4 is 5.32 Å². The number of nitrogens with one attached hydrogen (secondary N) is 1. The lowest BCUT2D eigenvalue weighted by atomic mass is 9.99. The lowest BCUT2D eigenvalue weighted by Gasteiger charge is -2.35. The first kappa shape index (κ1) is 16.9. The van der Waals surface area contributed by atoms with E-state index < -0.39 is 11.8 Å². The highest BCUT2D eigenvalue weighted by atomic mass is 16.3. The monoisotopic (exact) mass is 285 g/mol. The van der Waals surface area contributed by atoms with Crippen molar-refractivity contribution in [2.75, 3.05) is 40.3 Å². The average Bonchev–Trinajstić information content (AvgIpc) is 2.43. The average molecular weight is 285 g/mol. The first-order chi connectivity index (χ1) is 9.56. The maximum Gasteiger partial charge on any atom is 0.312 e. The summed E-state index contributed by atoms with van der Waals surface area (Å²) in [4.78, 5) is 27.7. The quantitative estimate of drug-likeness (QED) is 0.524. The van der Waals surface area contributed by atoms with Crippen LogP contribution in [0.2, 0.25) is 0 Å². The van der Waals surface area contributed by atoms with Crippen LogP contribution in [0.5, 0.6) is 0 Å². The summed E-state index contributed by atoms with van der Waals surface area (Å²) in [6.45, 7) is 2.07. The van der Waals surface area contributed by atoms with Gasteiger partial charge in [-0.15, -0.1) is 0 Å². The molecule has 2 amide bonds. The van der Waals surface area contributed by atoms with E-state index in [0.717, 1.165) is 32.2 Å². The summed E-state index contributed by atoms with van der Waals surface area (Å²) in [6.07, 6.45) is 4.24. The van der Waals surface area contributed by atoms with Crippen molar-refractivity contribution in [2.24, 2.45) is 0 Å². The number of carbonyl (C=O) groups is 2. The number of rotatable bonds is 6. The molecule has 6 nitrogen and oxygen atoms in total. The molecule has 116 valence electrons. The minimum absolute atomic E-state index is 0.00813. The van der Waals surface area contributed by atoms with Crippen molar-refractivity contribution in [3.8, 4) is 0 Å². The molecule has 0 spiro atoms. The fourth-order valence-corrected chi connectivity index (χ4v) is 2.52. The molecule has 0 bridgehead atoms. The second kappa shape index (κ2) is 8.92. The molecule has 0 aromatic rings. The molecule has 20 heavy (non-hydrogen) atoms. The Bertz CT molecular complexity index is 319. The summed E-state index contributed by atoms with van der Waals surface area (Å²) in [6, 6.07) is 0.00813. The van der Waals surface area contributed by atoms with Crippen LogP contribution in [0.15, 0.2) is 0 Å². The number of amides is 2. The van der Waals surface area contributed by atoms with Crippen molar-refractivity contribution >= 4 is 11.8 Å². The normalized spacial score (nSPS) is 19.2. The van der Waals surface area contributed by atoms with Crippen LogP contribution in [0.1, 0.15) is 32.1 Å². The lowest BCUT2D eigenvalue weighted by molar-refractivity contribution is -0.148. The van der Waals surface area contributed by atoms with E-state index in [9.17, 15) is 9.59 Å². The molecule has 1 rings (SSSR count). The molecule has 0 aromatic carbocycles. The molecule has 6 heteroatoms. The van der Waals surface area contributed by atoms with Gasteiger partial charge >= 0.3 is 11.8 Å². The minimum Gasteiger partial charge on any atom is -0.396 e. The summed E-state index contributed by atoms with van der Waals surface area (Å²) >= 11 is 0. The minimum atomic E-state index is -0.520. The first-order valence-electron chi connectivity index (χ1n) is 7.40. The summed E-state index contributed by atoms with van der Waals surface area (Å²) in [5, 5.41) is 11.7. The van der Waals surface area contributed by atoms with Crippen LogP contribution in [0.4, 0.5) is 0 Å². The summed E-state index contributed by atoms with van der Waals surface area (Å²) in [5.41, 5.74) is 0. The van der Waals surface area contributed by atoms with Crippen LogP contribution in [-0.4, -0.2) is 73.1 Å². The van der Waals surface area contributed by atoms with Gasteiger partial charge in [0.1, 0.15) is 0 Å². The van der Waals surface area contributed by atoms with Crippen molar-refractivity contribution in [3.63, 3.8) is 0 Å². The van der Waals surface area contributed by atoms with Gasteiger partial charge < -0.3 is 20.2 Å². The van der Waals surface area contributed by atoms with E-state index in [4.69, 9.17) is 5.11 Å². The Balaban J connectivity index is 2.39. The second-order valence-electron chi connectivity index (χ2n) is 5.57. The summed E-state index contributed by atoms with van der Waals surface area (Å²) < 4.78 is 0. The number of likely N-dealkylation sites (tertiary alicyclic amines) is 1. The van der Waals surface area contributed by atoms with E-state index in [2.05, 4.69) is 5.32 Å². The van der Waals surface area contributed by atoms with E-state index in [1.165, 1.54) is 0 Å². The molecule has 0 aromatic heterocycles. The van der Waals surface area contributed by atoms with Gasteiger partial charge in [-0.3, -0.25) is 9.59 Å². The van der Waals surface area contributed by atoms with Crippen LogP contribution >= 0.6 is 0 Å². The Morgan fingerprint density at radius 1 is 1.35 bits per heavy atom. The van der Waals surface area contributed by atoms with Gasteiger partial charge in [0.2, 0.25) is 0 Å². The second-order valence-corrected chi connectivity index (χ2v) is 5.57. The number of nitrogens with zero attached hydrogens (tertiary/aromatic N) is 2. The van der Waals surface area contributed by atoms with E-state index in [0.29, 0.717) is 19.5 Å². The van der Waals surface area contributed by atoms with Gasteiger partial charge in [-0.25, -0.2) is 0 Å². The predicted molar refractivity (Wildman–Crippen MR) is 77.2 cm³/mol. The van der Waals surface area contributed by atoms with Crippen molar-refractivity contribution in [1.82, 2.24) is 15.1 Å². The largest absolute Gasteiger partial charge is 0.396 e. The molecule has 0 aliphatic carbocycles. The third-order valence-corrected chi connectivity index (χ3v) is 3.61. The highest BCUT2D eigenvalue weighted by molar-refractivity contribution is 6.35. The maximum atomic E-state index is 12.1. The third-order valence-electron chi connectivity index (χ3n) is 3.61. The molecule has 1 fully saturated rings. The zero-order chi connectivity index (χ0) is 15.0. The highest BCUT2D eigenvalue weighted by Gasteiger charge is 2.29. The van der Waals surface area contributed by atoms with Gasteiger partial charge in [0.25, 0.3) is 0 Å². The molecule has 2 N–H and O–H groups in total. The van der Waals surface area contributed by atoms with Crippen LogP contribution in [0.25, 0.3) is 0 Å². The fraction of sp³-hybridized carbons (Fsp3) is 0.857. The SMILES string of the molecule is CN(C)CCCNC(=O)C(=O)N1CCCCC1CCO. The molecule has 1 unspecified atom stereocenters. The topological polar surface area (TPSA) is 72.9 Å². The molecule has 1 atom stereocenters. The highest BCUT2D eigenvalue weighted by Crippen LogP contribution is 2.19. The number of piperidine rings is 1. The van der Waals surface area contributed by atoms with Crippen molar-refractivity contribution in [1.29, 1.82) is 0 Å². The van der Waals surface area contributed by atoms with E-state index in [1.54, 1.807) is 4.90 Å². The van der Waals surface area contributed by atoms with Crippen LogP contribution in [0, 0.1) is 0 Å². The van der Waals surface area contributed by atoms with Crippen LogP contribution in [-0.2, 0) is 9.59 Å². The van der Waals surface area contributed by atoms with Gasteiger partial charge in [0.05, 0.1) is 0 Å². The molecular formula is C14H27N3O3. The van der Waals surface area contributed by atoms with Crippen LogP contribution in [0.3, 0.4) is 0 Å². The summed E-state index contributed by atoms with van der Waals surface area (Å²) in [5.74, 6) is -0.971. The van der Waals surface area contributed by atoms with Gasteiger partial charge in [0.15, 0.2) is 0 Å². The van der Waals surface area contributed by atoms with Crippen molar-refractivity contribution in [3.05, 3.63) is 0 Å². The van der Waals surface area contributed by atoms with Gasteiger partial charge in [0, 0.05) is 25.7 Å². The predicted octanol–water partition coefficient (Wildman–Crippen LogP) is -0.182. The lowest BCUT2D eigenvalue weighted by Crippen LogP contribution is -2.50. The number of hydrogen-bond donors (Lipinski definition) is 2. The Hall–Kier alpha value is -1.14. The zero-order valence-corrected chi connectivity index (χ0v) is 12.6.